The molecule has 0 aliphatic rings. The number of aromatic nitrogens is 3. The fourth-order valence-corrected chi connectivity index (χ4v) is 3.67. The van der Waals surface area contributed by atoms with E-state index in [1.54, 1.807) is 30.6 Å². The van der Waals surface area contributed by atoms with Crippen LogP contribution >= 0.6 is 22.9 Å². The summed E-state index contributed by atoms with van der Waals surface area (Å²) in [5.74, 6) is 2.33. The van der Waals surface area contributed by atoms with Crippen molar-refractivity contribution in [2.24, 2.45) is 0 Å². The Kier molecular flexibility index (Phi) is 5.34. The van der Waals surface area contributed by atoms with E-state index in [1.165, 1.54) is 11.3 Å². The van der Waals surface area contributed by atoms with Crippen LogP contribution in [0.15, 0.2) is 67.0 Å². The van der Waals surface area contributed by atoms with Crippen LogP contribution in [0.25, 0.3) is 21.7 Å². The molecule has 5 nitrogen and oxygen atoms in total. The molecular formula is C22H13ClN4OS. The molecule has 0 radical (unpaired) electrons. The summed E-state index contributed by atoms with van der Waals surface area (Å²) in [6.07, 6.45) is 8.80. The molecule has 0 aliphatic carbocycles. The van der Waals surface area contributed by atoms with Gasteiger partial charge in [-0.2, -0.15) is 0 Å². The van der Waals surface area contributed by atoms with E-state index in [-0.39, 0.29) is 5.91 Å². The zero-order chi connectivity index (χ0) is 20.2. The van der Waals surface area contributed by atoms with E-state index in [4.69, 9.17) is 18.0 Å². The van der Waals surface area contributed by atoms with E-state index in [0.29, 0.717) is 31.9 Å². The minimum Gasteiger partial charge on any atom is -0.296 e. The molecule has 2 heterocycles. The second kappa shape index (κ2) is 8.23. The maximum atomic E-state index is 12.9. The number of benzene rings is 2. The average molecular weight is 417 g/mol. The van der Waals surface area contributed by atoms with Crippen molar-refractivity contribution in [3.05, 3.63) is 83.1 Å². The first-order valence-electron chi connectivity index (χ1n) is 8.56. The van der Waals surface area contributed by atoms with Gasteiger partial charge < -0.3 is 0 Å². The molecule has 29 heavy (non-hydrogen) atoms. The summed E-state index contributed by atoms with van der Waals surface area (Å²) in [5.41, 5.74) is 3.44. The number of pyridine rings is 1. The lowest BCUT2D eigenvalue weighted by molar-refractivity contribution is 0.102. The highest BCUT2D eigenvalue weighted by Gasteiger charge is 2.17. The monoisotopic (exact) mass is 416 g/mol. The zero-order valence-electron chi connectivity index (χ0n) is 15.0. The van der Waals surface area contributed by atoms with Gasteiger partial charge in [0.25, 0.3) is 5.91 Å². The number of terminal acetylenes is 1. The number of nitrogens with one attached hydrogen (secondary N) is 1. The van der Waals surface area contributed by atoms with Crippen LogP contribution in [0.2, 0.25) is 5.02 Å². The van der Waals surface area contributed by atoms with E-state index in [0.717, 1.165) is 11.1 Å². The zero-order valence-corrected chi connectivity index (χ0v) is 16.5. The van der Waals surface area contributed by atoms with Crippen molar-refractivity contribution >= 4 is 34.0 Å². The lowest BCUT2D eigenvalue weighted by Gasteiger charge is -2.10. The van der Waals surface area contributed by atoms with Crippen LogP contribution in [0.1, 0.15) is 15.9 Å². The van der Waals surface area contributed by atoms with E-state index in [2.05, 4.69) is 26.4 Å². The molecule has 140 valence electrons. The first-order chi connectivity index (χ1) is 14.2. The molecule has 2 aromatic heterocycles. The van der Waals surface area contributed by atoms with Crippen molar-refractivity contribution < 1.29 is 4.79 Å². The Balaban J connectivity index is 1.62. The number of carbonyl (C=O) groups excluding carboxylic acids is 1. The molecule has 0 atom stereocenters. The number of anilines is 1. The van der Waals surface area contributed by atoms with E-state index in [1.807, 2.05) is 36.4 Å². The normalized spacial score (nSPS) is 10.3. The molecular weight excluding hydrogens is 404 g/mol. The second-order valence-corrected chi connectivity index (χ2v) is 7.40. The van der Waals surface area contributed by atoms with Crippen LogP contribution < -0.4 is 5.32 Å². The predicted octanol–water partition coefficient (Wildman–Crippen LogP) is 5.15. The van der Waals surface area contributed by atoms with Gasteiger partial charge in [-0.25, -0.2) is 0 Å². The van der Waals surface area contributed by atoms with Crippen LogP contribution in [0.3, 0.4) is 0 Å². The Labute approximate surface area is 176 Å². The summed E-state index contributed by atoms with van der Waals surface area (Å²) < 4.78 is 0. The molecule has 0 saturated heterocycles. The first-order valence-corrected chi connectivity index (χ1v) is 9.76. The number of rotatable bonds is 4. The third-order valence-corrected chi connectivity index (χ3v) is 5.31. The third-order valence-electron chi connectivity index (χ3n) is 4.18. The van der Waals surface area contributed by atoms with E-state index >= 15 is 0 Å². The second-order valence-electron chi connectivity index (χ2n) is 5.98. The van der Waals surface area contributed by atoms with Crippen molar-refractivity contribution in [2.45, 2.75) is 0 Å². The van der Waals surface area contributed by atoms with Crippen LogP contribution in [0.5, 0.6) is 0 Å². The Morgan fingerprint density at radius 3 is 2.62 bits per heavy atom. The van der Waals surface area contributed by atoms with Gasteiger partial charge >= 0.3 is 0 Å². The summed E-state index contributed by atoms with van der Waals surface area (Å²) in [4.78, 5) is 17.1. The first kappa shape index (κ1) is 18.8. The summed E-state index contributed by atoms with van der Waals surface area (Å²) >= 11 is 7.20. The molecule has 4 aromatic rings. The SMILES string of the molecule is C#Cc1ccccc1-c1cnccc1C(=O)Nc1nnc(-c2ccc(Cl)cc2)s1. The average Bonchev–Trinajstić information content (AvgIpc) is 3.22. The Morgan fingerprint density at radius 1 is 1.03 bits per heavy atom. The fourth-order valence-electron chi connectivity index (χ4n) is 2.80. The maximum Gasteiger partial charge on any atom is 0.258 e. The number of hydrogen-bond donors (Lipinski definition) is 1. The van der Waals surface area contributed by atoms with E-state index < -0.39 is 0 Å². The van der Waals surface area contributed by atoms with Crippen LogP contribution in [0, 0.1) is 12.3 Å². The molecule has 1 amide bonds. The van der Waals surface area contributed by atoms with Crippen molar-refractivity contribution in [3.63, 3.8) is 0 Å². The number of halogens is 1. The van der Waals surface area contributed by atoms with Gasteiger partial charge in [-0.1, -0.05) is 59.2 Å². The highest BCUT2D eigenvalue weighted by atomic mass is 35.5. The van der Waals surface area contributed by atoms with Gasteiger partial charge in [-0.05, 0) is 29.8 Å². The topological polar surface area (TPSA) is 67.8 Å². The minimum absolute atomic E-state index is 0.312. The smallest absolute Gasteiger partial charge is 0.258 e. The molecule has 0 aliphatic heterocycles. The highest BCUT2D eigenvalue weighted by molar-refractivity contribution is 7.18. The van der Waals surface area contributed by atoms with Gasteiger partial charge in [0.05, 0.1) is 5.56 Å². The third kappa shape index (κ3) is 4.02. The molecule has 7 heteroatoms. The van der Waals surface area contributed by atoms with Gasteiger partial charge in [-0.15, -0.1) is 16.6 Å². The molecule has 0 saturated carbocycles. The van der Waals surface area contributed by atoms with Gasteiger partial charge in [0.15, 0.2) is 0 Å². The number of amides is 1. The summed E-state index contributed by atoms with van der Waals surface area (Å²) in [7, 11) is 0. The van der Waals surface area contributed by atoms with Crippen LogP contribution in [0.4, 0.5) is 5.13 Å². The lowest BCUT2D eigenvalue weighted by atomic mass is 9.97. The summed E-state index contributed by atoms with van der Waals surface area (Å²) in [5, 5.41) is 12.7. The molecule has 4 rings (SSSR count). The van der Waals surface area contributed by atoms with Gasteiger partial charge in [0, 0.05) is 34.1 Å². The van der Waals surface area contributed by atoms with Gasteiger partial charge in [0.1, 0.15) is 5.01 Å². The highest BCUT2D eigenvalue weighted by Crippen LogP contribution is 2.29. The summed E-state index contributed by atoms with van der Waals surface area (Å²) in [6.45, 7) is 0. The quantitative estimate of drug-likeness (QED) is 0.467. The number of hydrogen-bond acceptors (Lipinski definition) is 5. The van der Waals surface area contributed by atoms with Crippen molar-refractivity contribution in [2.75, 3.05) is 5.32 Å². The Hall–Kier alpha value is -3.53. The van der Waals surface area contributed by atoms with Crippen LogP contribution in [-0.4, -0.2) is 21.1 Å². The predicted molar refractivity (Wildman–Crippen MR) is 116 cm³/mol. The van der Waals surface area contributed by atoms with Crippen LogP contribution in [-0.2, 0) is 0 Å². The maximum absolute atomic E-state index is 12.9. The molecule has 0 spiro atoms. The molecule has 1 N–H and O–H groups in total. The lowest BCUT2D eigenvalue weighted by Crippen LogP contribution is -2.13. The van der Waals surface area contributed by atoms with Crippen molar-refractivity contribution in [1.29, 1.82) is 0 Å². The van der Waals surface area contributed by atoms with Crippen molar-refractivity contribution in [3.8, 4) is 34.0 Å². The minimum atomic E-state index is -0.312. The number of carbonyl (C=O) groups is 1. The van der Waals surface area contributed by atoms with Gasteiger partial charge in [-0.3, -0.25) is 15.1 Å². The standard InChI is InChI=1S/C22H13ClN4OS/c1-2-14-5-3-4-6-17(14)19-13-24-12-11-18(19)20(28)25-22-27-26-21(29-22)15-7-9-16(23)10-8-15/h1,3-13H,(H,25,27,28). The molecule has 0 bridgehead atoms. The fraction of sp³-hybridized carbons (Fsp3) is 0. The van der Waals surface area contributed by atoms with Gasteiger partial charge in [0.2, 0.25) is 5.13 Å². The van der Waals surface area contributed by atoms with E-state index in [9.17, 15) is 4.79 Å². The largest absolute Gasteiger partial charge is 0.296 e. The number of nitrogens with zero attached hydrogens (tertiary/aromatic N) is 3. The van der Waals surface area contributed by atoms with Crippen molar-refractivity contribution in [1.82, 2.24) is 15.2 Å². The molecule has 0 fully saturated rings. The Bertz CT molecular complexity index is 1230. The molecule has 0 unspecified atom stereocenters. The summed E-state index contributed by atoms with van der Waals surface area (Å²) in [6, 6.07) is 16.3. The molecule has 2 aromatic carbocycles. The Morgan fingerprint density at radius 2 is 1.83 bits per heavy atom.